The van der Waals surface area contributed by atoms with Gasteiger partial charge in [0.15, 0.2) is 0 Å². The Bertz CT molecular complexity index is 336. The SMILES string of the molecule is C=CCN1CCC(=O)NC(C)(C2CC2)C1=O. The van der Waals surface area contributed by atoms with E-state index < -0.39 is 5.54 Å². The van der Waals surface area contributed by atoms with Crippen LogP contribution in [0.5, 0.6) is 0 Å². The lowest BCUT2D eigenvalue weighted by molar-refractivity contribution is -0.138. The fourth-order valence-corrected chi connectivity index (χ4v) is 2.34. The highest BCUT2D eigenvalue weighted by Gasteiger charge is 2.50. The van der Waals surface area contributed by atoms with Crippen LogP contribution in [0.4, 0.5) is 0 Å². The molecule has 88 valence electrons. The van der Waals surface area contributed by atoms with Crippen LogP contribution in [0.1, 0.15) is 26.2 Å². The molecule has 16 heavy (non-hydrogen) atoms. The van der Waals surface area contributed by atoms with Gasteiger partial charge >= 0.3 is 0 Å². The van der Waals surface area contributed by atoms with Gasteiger partial charge in [-0.05, 0) is 25.7 Å². The summed E-state index contributed by atoms with van der Waals surface area (Å²) >= 11 is 0. The van der Waals surface area contributed by atoms with E-state index in [0.717, 1.165) is 12.8 Å². The van der Waals surface area contributed by atoms with Crippen molar-refractivity contribution >= 4 is 11.8 Å². The van der Waals surface area contributed by atoms with Crippen molar-refractivity contribution in [3.05, 3.63) is 12.7 Å². The maximum absolute atomic E-state index is 12.3. The van der Waals surface area contributed by atoms with Gasteiger partial charge in [-0.25, -0.2) is 0 Å². The van der Waals surface area contributed by atoms with Crippen molar-refractivity contribution in [3.8, 4) is 0 Å². The molecule has 0 aromatic rings. The van der Waals surface area contributed by atoms with Crippen LogP contribution in [0.2, 0.25) is 0 Å². The molecule has 4 nitrogen and oxygen atoms in total. The summed E-state index contributed by atoms with van der Waals surface area (Å²) in [5, 5.41) is 2.89. The van der Waals surface area contributed by atoms with Crippen molar-refractivity contribution in [1.82, 2.24) is 10.2 Å². The normalized spacial score (nSPS) is 30.9. The van der Waals surface area contributed by atoms with Crippen LogP contribution in [-0.2, 0) is 9.59 Å². The Hall–Kier alpha value is -1.32. The molecule has 1 unspecified atom stereocenters. The predicted molar refractivity (Wildman–Crippen MR) is 60.7 cm³/mol. The van der Waals surface area contributed by atoms with E-state index in [-0.39, 0.29) is 11.8 Å². The summed E-state index contributed by atoms with van der Waals surface area (Å²) in [5.74, 6) is 0.337. The van der Waals surface area contributed by atoms with Crippen LogP contribution in [0.25, 0.3) is 0 Å². The molecule has 1 N–H and O–H groups in total. The first-order valence-corrected chi connectivity index (χ1v) is 5.79. The number of rotatable bonds is 3. The van der Waals surface area contributed by atoms with Crippen LogP contribution in [-0.4, -0.2) is 35.3 Å². The highest BCUT2D eigenvalue weighted by atomic mass is 16.2. The zero-order chi connectivity index (χ0) is 11.8. The minimum absolute atomic E-state index is 0.0192. The molecular formula is C12H18N2O2. The Labute approximate surface area is 95.7 Å². The topological polar surface area (TPSA) is 49.4 Å². The average molecular weight is 222 g/mol. The average Bonchev–Trinajstić information content (AvgIpc) is 3.05. The van der Waals surface area contributed by atoms with Crippen molar-refractivity contribution < 1.29 is 9.59 Å². The second-order valence-electron chi connectivity index (χ2n) is 4.81. The molecule has 0 aromatic carbocycles. The quantitative estimate of drug-likeness (QED) is 0.714. The molecule has 2 amide bonds. The first-order chi connectivity index (χ1) is 7.58. The summed E-state index contributed by atoms with van der Waals surface area (Å²) in [4.78, 5) is 25.7. The van der Waals surface area contributed by atoms with Gasteiger partial charge in [0, 0.05) is 19.5 Å². The molecule has 1 aliphatic heterocycles. The highest BCUT2D eigenvalue weighted by Crippen LogP contribution is 2.41. The molecule has 0 spiro atoms. The van der Waals surface area contributed by atoms with E-state index in [1.807, 2.05) is 6.92 Å². The summed E-state index contributed by atoms with van der Waals surface area (Å²) in [6.45, 7) is 6.52. The number of carbonyl (C=O) groups excluding carboxylic acids is 2. The van der Waals surface area contributed by atoms with Gasteiger partial charge < -0.3 is 10.2 Å². The Morgan fingerprint density at radius 3 is 2.81 bits per heavy atom. The standard InChI is InChI=1S/C12H18N2O2/c1-3-7-14-8-6-10(15)13-12(2,11(14)16)9-4-5-9/h3,9H,1,4-8H2,2H3,(H,13,15). The number of hydrogen-bond acceptors (Lipinski definition) is 2. The largest absolute Gasteiger partial charge is 0.342 e. The van der Waals surface area contributed by atoms with Gasteiger partial charge in [-0.15, -0.1) is 6.58 Å². The van der Waals surface area contributed by atoms with Crippen molar-refractivity contribution in [2.45, 2.75) is 31.7 Å². The van der Waals surface area contributed by atoms with E-state index in [0.29, 0.717) is 25.4 Å². The molecule has 0 radical (unpaired) electrons. The Morgan fingerprint density at radius 2 is 2.25 bits per heavy atom. The molecule has 1 saturated carbocycles. The Balaban J connectivity index is 2.23. The van der Waals surface area contributed by atoms with Crippen LogP contribution in [0.15, 0.2) is 12.7 Å². The number of hydrogen-bond donors (Lipinski definition) is 1. The van der Waals surface area contributed by atoms with Gasteiger partial charge in [-0.2, -0.15) is 0 Å². The van der Waals surface area contributed by atoms with Gasteiger partial charge in [-0.1, -0.05) is 6.08 Å². The highest BCUT2D eigenvalue weighted by molar-refractivity contribution is 5.93. The van der Waals surface area contributed by atoms with Gasteiger partial charge in [-0.3, -0.25) is 9.59 Å². The maximum atomic E-state index is 12.3. The smallest absolute Gasteiger partial charge is 0.248 e. The molecule has 2 fully saturated rings. The Kier molecular flexibility index (Phi) is 2.74. The maximum Gasteiger partial charge on any atom is 0.248 e. The van der Waals surface area contributed by atoms with E-state index in [1.165, 1.54) is 0 Å². The van der Waals surface area contributed by atoms with E-state index in [9.17, 15) is 9.59 Å². The summed E-state index contributed by atoms with van der Waals surface area (Å²) in [5.41, 5.74) is -0.684. The van der Waals surface area contributed by atoms with Gasteiger partial charge in [0.1, 0.15) is 5.54 Å². The second-order valence-corrected chi connectivity index (χ2v) is 4.81. The fraction of sp³-hybridized carbons (Fsp3) is 0.667. The zero-order valence-electron chi connectivity index (χ0n) is 9.66. The molecule has 1 aliphatic carbocycles. The summed E-state index contributed by atoms with van der Waals surface area (Å²) in [7, 11) is 0. The molecule has 4 heteroatoms. The minimum Gasteiger partial charge on any atom is -0.342 e. The molecule has 0 aromatic heterocycles. The van der Waals surface area contributed by atoms with Crippen molar-refractivity contribution in [3.63, 3.8) is 0 Å². The molecule has 1 saturated heterocycles. The van der Waals surface area contributed by atoms with Crippen LogP contribution in [0.3, 0.4) is 0 Å². The Morgan fingerprint density at radius 1 is 1.56 bits per heavy atom. The zero-order valence-corrected chi connectivity index (χ0v) is 9.66. The third kappa shape index (κ3) is 1.84. The molecule has 1 atom stereocenters. The lowest BCUT2D eigenvalue weighted by atomic mass is 9.94. The number of amides is 2. The fourth-order valence-electron chi connectivity index (χ4n) is 2.34. The molecule has 2 rings (SSSR count). The van der Waals surface area contributed by atoms with Crippen molar-refractivity contribution in [2.24, 2.45) is 5.92 Å². The monoisotopic (exact) mass is 222 g/mol. The van der Waals surface area contributed by atoms with E-state index in [4.69, 9.17) is 0 Å². The third-order valence-corrected chi connectivity index (χ3v) is 3.48. The lowest BCUT2D eigenvalue weighted by Gasteiger charge is -2.31. The van der Waals surface area contributed by atoms with Gasteiger partial charge in [0.25, 0.3) is 0 Å². The number of nitrogens with zero attached hydrogens (tertiary/aromatic N) is 1. The lowest BCUT2D eigenvalue weighted by Crippen LogP contribution is -2.56. The first kappa shape index (κ1) is 11.2. The van der Waals surface area contributed by atoms with Gasteiger partial charge in [0.05, 0.1) is 0 Å². The number of carbonyl (C=O) groups is 2. The van der Waals surface area contributed by atoms with Crippen LogP contribution < -0.4 is 5.32 Å². The van der Waals surface area contributed by atoms with E-state index in [1.54, 1.807) is 11.0 Å². The summed E-state index contributed by atoms with van der Waals surface area (Å²) in [6, 6.07) is 0. The molecule has 1 heterocycles. The first-order valence-electron chi connectivity index (χ1n) is 5.79. The molecule has 0 bridgehead atoms. The third-order valence-electron chi connectivity index (χ3n) is 3.48. The number of nitrogens with one attached hydrogen (secondary N) is 1. The predicted octanol–water partition coefficient (Wildman–Crippen LogP) is 0.690. The molecule has 2 aliphatic rings. The second kappa shape index (κ2) is 3.92. The summed E-state index contributed by atoms with van der Waals surface area (Å²) in [6.07, 6.45) is 4.16. The van der Waals surface area contributed by atoms with Crippen LogP contribution in [0, 0.1) is 5.92 Å². The van der Waals surface area contributed by atoms with Crippen molar-refractivity contribution in [1.29, 1.82) is 0 Å². The van der Waals surface area contributed by atoms with E-state index in [2.05, 4.69) is 11.9 Å². The minimum atomic E-state index is -0.684. The van der Waals surface area contributed by atoms with Gasteiger partial charge in [0.2, 0.25) is 11.8 Å². The molecular weight excluding hydrogens is 204 g/mol. The van der Waals surface area contributed by atoms with E-state index >= 15 is 0 Å². The van der Waals surface area contributed by atoms with Crippen LogP contribution >= 0.6 is 0 Å². The summed E-state index contributed by atoms with van der Waals surface area (Å²) < 4.78 is 0. The van der Waals surface area contributed by atoms with Crippen molar-refractivity contribution in [2.75, 3.05) is 13.1 Å².